The molecular formula is C18H20BrN3O4. The molecule has 2 rings (SSSR count). The molecular weight excluding hydrogens is 402 g/mol. The number of aromatic nitrogens is 1. The summed E-state index contributed by atoms with van der Waals surface area (Å²) in [6, 6.07) is 7.21. The fourth-order valence-corrected chi connectivity index (χ4v) is 2.78. The molecule has 1 heterocycles. The van der Waals surface area contributed by atoms with E-state index < -0.39 is 5.97 Å². The minimum absolute atomic E-state index is 0.129. The number of halogens is 1. The SMILES string of the molecule is COC(=O)c1c(C)[nH]c(C(=O)NCCC(=O)Nc2ccc(Br)cc2)c1C. The van der Waals surface area contributed by atoms with Gasteiger partial charge in [0.2, 0.25) is 5.91 Å². The van der Waals surface area contributed by atoms with Crippen LogP contribution in [0.4, 0.5) is 5.69 Å². The first-order valence-electron chi connectivity index (χ1n) is 7.94. The lowest BCUT2D eigenvalue weighted by molar-refractivity contribution is -0.116. The van der Waals surface area contributed by atoms with Crippen LogP contribution in [0.1, 0.15) is 38.5 Å². The van der Waals surface area contributed by atoms with Gasteiger partial charge in [-0.05, 0) is 43.7 Å². The molecule has 0 aliphatic heterocycles. The number of aryl methyl sites for hydroxylation is 1. The van der Waals surface area contributed by atoms with Gasteiger partial charge in [-0.1, -0.05) is 15.9 Å². The van der Waals surface area contributed by atoms with Gasteiger partial charge in [-0.2, -0.15) is 0 Å². The standard InChI is InChI=1S/C18H20BrN3O4/c1-10-15(18(25)26-3)11(2)21-16(10)17(24)20-9-8-14(23)22-13-6-4-12(19)5-7-13/h4-7,21H,8-9H2,1-3H3,(H,20,24)(H,22,23). The smallest absolute Gasteiger partial charge is 0.339 e. The van der Waals surface area contributed by atoms with E-state index in [1.54, 1.807) is 26.0 Å². The minimum atomic E-state index is -0.496. The molecule has 0 bridgehead atoms. The zero-order valence-corrected chi connectivity index (χ0v) is 16.3. The third kappa shape index (κ3) is 4.72. The Kier molecular flexibility index (Phi) is 6.57. The van der Waals surface area contributed by atoms with Crippen LogP contribution in [0, 0.1) is 13.8 Å². The molecule has 0 atom stereocenters. The number of esters is 1. The van der Waals surface area contributed by atoms with E-state index in [-0.39, 0.29) is 30.5 Å². The fourth-order valence-electron chi connectivity index (χ4n) is 2.52. The summed E-state index contributed by atoms with van der Waals surface area (Å²) < 4.78 is 5.64. The normalized spacial score (nSPS) is 10.3. The number of nitrogens with one attached hydrogen (secondary N) is 3. The molecule has 138 valence electrons. The van der Waals surface area contributed by atoms with Gasteiger partial charge in [-0.15, -0.1) is 0 Å². The highest BCUT2D eigenvalue weighted by Gasteiger charge is 2.22. The van der Waals surface area contributed by atoms with Crippen molar-refractivity contribution in [2.75, 3.05) is 19.0 Å². The highest BCUT2D eigenvalue weighted by atomic mass is 79.9. The van der Waals surface area contributed by atoms with Crippen LogP contribution >= 0.6 is 15.9 Å². The average molecular weight is 422 g/mol. The third-order valence-electron chi connectivity index (χ3n) is 3.82. The second-order valence-electron chi connectivity index (χ2n) is 5.68. The number of benzene rings is 1. The maximum atomic E-state index is 12.3. The molecule has 2 aromatic rings. The van der Waals surface area contributed by atoms with Crippen molar-refractivity contribution in [1.29, 1.82) is 0 Å². The summed E-state index contributed by atoms with van der Waals surface area (Å²) in [6.45, 7) is 3.54. The van der Waals surface area contributed by atoms with Gasteiger partial charge in [0.15, 0.2) is 0 Å². The maximum Gasteiger partial charge on any atom is 0.339 e. The first-order chi connectivity index (χ1) is 12.3. The molecule has 0 aliphatic rings. The second-order valence-corrected chi connectivity index (χ2v) is 6.59. The molecule has 1 aromatic heterocycles. The van der Waals surface area contributed by atoms with E-state index in [2.05, 4.69) is 31.5 Å². The van der Waals surface area contributed by atoms with Crippen LogP contribution in [0.5, 0.6) is 0 Å². The lowest BCUT2D eigenvalue weighted by Crippen LogP contribution is -2.28. The number of H-pyrrole nitrogens is 1. The van der Waals surface area contributed by atoms with Crippen LogP contribution in [0.3, 0.4) is 0 Å². The Morgan fingerprint density at radius 2 is 1.81 bits per heavy atom. The van der Waals surface area contributed by atoms with Crippen molar-refractivity contribution < 1.29 is 19.1 Å². The first kappa shape index (κ1) is 19.7. The fraction of sp³-hybridized carbons (Fsp3) is 0.278. The van der Waals surface area contributed by atoms with E-state index in [0.29, 0.717) is 22.5 Å². The van der Waals surface area contributed by atoms with Gasteiger partial charge in [0.1, 0.15) is 5.69 Å². The topological polar surface area (TPSA) is 100 Å². The lowest BCUT2D eigenvalue weighted by atomic mass is 10.1. The highest BCUT2D eigenvalue weighted by Crippen LogP contribution is 2.19. The Labute approximate surface area is 159 Å². The molecule has 0 saturated heterocycles. The number of carbonyl (C=O) groups is 3. The summed E-state index contributed by atoms with van der Waals surface area (Å²) in [5, 5.41) is 5.42. The summed E-state index contributed by atoms with van der Waals surface area (Å²) in [6.07, 6.45) is 0.129. The molecule has 7 nitrogen and oxygen atoms in total. The van der Waals surface area contributed by atoms with E-state index in [1.165, 1.54) is 7.11 Å². The second kappa shape index (κ2) is 8.66. The first-order valence-corrected chi connectivity index (χ1v) is 8.74. The van der Waals surface area contributed by atoms with Gasteiger partial charge >= 0.3 is 5.97 Å². The zero-order valence-electron chi connectivity index (χ0n) is 14.7. The molecule has 0 spiro atoms. The summed E-state index contributed by atoms with van der Waals surface area (Å²) in [7, 11) is 1.29. The van der Waals surface area contributed by atoms with E-state index >= 15 is 0 Å². The largest absolute Gasteiger partial charge is 0.465 e. The third-order valence-corrected chi connectivity index (χ3v) is 4.35. The van der Waals surface area contributed by atoms with Gasteiger partial charge in [0, 0.05) is 28.8 Å². The van der Waals surface area contributed by atoms with Crippen molar-refractivity contribution in [2.24, 2.45) is 0 Å². The molecule has 3 N–H and O–H groups in total. The Morgan fingerprint density at radius 1 is 1.15 bits per heavy atom. The quantitative estimate of drug-likeness (QED) is 0.624. The highest BCUT2D eigenvalue weighted by molar-refractivity contribution is 9.10. The molecule has 0 aliphatic carbocycles. The van der Waals surface area contributed by atoms with Crippen LogP contribution < -0.4 is 10.6 Å². The van der Waals surface area contributed by atoms with Crippen LogP contribution in [0.25, 0.3) is 0 Å². The predicted molar refractivity (Wildman–Crippen MR) is 101 cm³/mol. The molecule has 0 saturated carbocycles. The van der Waals surface area contributed by atoms with Crippen LogP contribution in [0.15, 0.2) is 28.7 Å². The van der Waals surface area contributed by atoms with Gasteiger partial charge in [-0.3, -0.25) is 9.59 Å². The number of hydrogen-bond acceptors (Lipinski definition) is 4. The molecule has 0 unspecified atom stereocenters. The monoisotopic (exact) mass is 421 g/mol. The Balaban J connectivity index is 1.90. The van der Waals surface area contributed by atoms with Crippen molar-refractivity contribution in [3.8, 4) is 0 Å². The maximum absolute atomic E-state index is 12.3. The molecule has 0 radical (unpaired) electrons. The number of anilines is 1. The van der Waals surface area contributed by atoms with Crippen molar-refractivity contribution in [1.82, 2.24) is 10.3 Å². The van der Waals surface area contributed by atoms with Crippen molar-refractivity contribution in [3.05, 3.63) is 51.3 Å². The average Bonchev–Trinajstić information content (AvgIpc) is 2.91. The summed E-state index contributed by atoms with van der Waals surface area (Å²) in [5.41, 5.74) is 2.41. The molecule has 1 aromatic carbocycles. The van der Waals surface area contributed by atoms with Gasteiger partial charge in [0.25, 0.3) is 5.91 Å². The van der Waals surface area contributed by atoms with Gasteiger partial charge in [0.05, 0.1) is 12.7 Å². The Morgan fingerprint density at radius 3 is 2.42 bits per heavy atom. The number of hydrogen-bond donors (Lipinski definition) is 3. The van der Waals surface area contributed by atoms with Crippen molar-refractivity contribution >= 4 is 39.4 Å². The van der Waals surface area contributed by atoms with E-state index in [0.717, 1.165) is 4.47 Å². The summed E-state index contributed by atoms with van der Waals surface area (Å²) >= 11 is 3.33. The zero-order chi connectivity index (χ0) is 19.3. The summed E-state index contributed by atoms with van der Waals surface area (Å²) in [4.78, 5) is 38.9. The molecule has 0 fully saturated rings. The number of ether oxygens (including phenoxy) is 1. The molecule has 26 heavy (non-hydrogen) atoms. The van der Waals surface area contributed by atoms with Crippen LogP contribution in [0.2, 0.25) is 0 Å². The molecule has 2 amide bonds. The number of methoxy groups -OCH3 is 1. The van der Waals surface area contributed by atoms with Gasteiger partial charge in [-0.25, -0.2) is 4.79 Å². The van der Waals surface area contributed by atoms with Crippen molar-refractivity contribution in [3.63, 3.8) is 0 Å². The number of carbonyl (C=O) groups excluding carboxylic acids is 3. The minimum Gasteiger partial charge on any atom is -0.465 e. The van der Waals surface area contributed by atoms with E-state index in [4.69, 9.17) is 4.74 Å². The number of rotatable bonds is 6. The Bertz CT molecular complexity index is 828. The van der Waals surface area contributed by atoms with Gasteiger partial charge < -0.3 is 20.4 Å². The van der Waals surface area contributed by atoms with Crippen LogP contribution in [-0.2, 0) is 9.53 Å². The van der Waals surface area contributed by atoms with E-state index in [9.17, 15) is 14.4 Å². The number of amides is 2. The van der Waals surface area contributed by atoms with Crippen molar-refractivity contribution in [2.45, 2.75) is 20.3 Å². The van der Waals surface area contributed by atoms with Crippen LogP contribution in [-0.4, -0.2) is 36.4 Å². The molecule has 8 heteroatoms. The van der Waals surface area contributed by atoms with E-state index in [1.807, 2.05) is 12.1 Å². The lowest BCUT2D eigenvalue weighted by Gasteiger charge is -2.07. The predicted octanol–water partition coefficient (Wildman–Crippen LogP) is 2.94. The summed E-state index contributed by atoms with van der Waals surface area (Å²) in [5.74, 6) is -1.08. The number of aromatic amines is 1. The Hall–Kier alpha value is -2.61.